The molecule has 3 aromatic carbocycles. The van der Waals surface area contributed by atoms with Crippen LogP contribution in [0.4, 0.5) is 5.69 Å². The Kier molecular flexibility index (Phi) is 4.21. The Bertz CT molecular complexity index is 903. The summed E-state index contributed by atoms with van der Waals surface area (Å²) >= 11 is 0. The molecule has 0 saturated heterocycles. The van der Waals surface area contributed by atoms with Gasteiger partial charge >= 0.3 is 0 Å². The second kappa shape index (κ2) is 6.32. The van der Waals surface area contributed by atoms with Crippen molar-refractivity contribution in [3.05, 3.63) is 53.6 Å². The molecule has 0 spiro atoms. The number of benzene rings is 3. The maximum Gasteiger partial charge on any atom is 0.161 e. The van der Waals surface area contributed by atoms with Gasteiger partial charge in [-0.05, 0) is 60.7 Å². The van der Waals surface area contributed by atoms with Gasteiger partial charge < -0.3 is 19.9 Å². The Hall–Kier alpha value is -2.88. The number of nitrogens with two attached hydrogens (primary N) is 1. The zero-order chi connectivity index (χ0) is 17.3. The van der Waals surface area contributed by atoms with Crippen LogP contribution in [0.25, 0.3) is 10.8 Å². The van der Waals surface area contributed by atoms with Crippen molar-refractivity contribution in [2.24, 2.45) is 0 Å². The highest BCUT2D eigenvalue weighted by Crippen LogP contribution is 2.40. The molecule has 0 aromatic heterocycles. The van der Waals surface area contributed by atoms with Crippen LogP contribution in [0.2, 0.25) is 0 Å². The van der Waals surface area contributed by atoms with Crippen molar-refractivity contribution in [3.63, 3.8) is 0 Å². The Morgan fingerprint density at radius 3 is 1.96 bits per heavy atom. The number of methoxy groups -OCH3 is 2. The molecule has 3 rings (SSSR count). The minimum atomic E-state index is 0.615. The van der Waals surface area contributed by atoms with Crippen molar-refractivity contribution in [2.45, 2.75) is 13.8 Å². The summed E-state index contributed by atoms with van der Waals surface area (Å²) < 4.78 is 16.9. The number of hydrogen-bond donors (Lipinski definition) is 1. The quantitative estimate of drug-likeness (QED) is 0.697. The first-order chi connectivity index (χ1) is 11.5. The van der Waals surface area contributed by atoms with Crippen LogP contribution >= 0.6 is 0 Å². The molecular formula is C20H21NO3. The smallest absolute Gasteiger partial charge is 0.161 e. The first-order valence-electron chi connectivity index (χ1n) is 7.73. The molecule has 4 heteroatoms. The van der Waals surface area contributed by atoms with Gasteiger partial charge in [0.25, 0.3) is 0 Å². The first-order valence-corrected chi connectivity index (χ1v) is 7.73. The van der Waals surface area contributed by atoms with Gasteiger partial charge in [-0.1, -0.05) is 12.1 Å². The molecule has 0 saturated carbocycles. The molecule has 0 aliphatic rings. The van der Waals surface area contributed by atoms with Crippen LogP contribution in [0.15, 0.2) is 42.5 Å². The van der Waals surface area contributed by atoms with E-state index in [2.05, 4.69) is 6.92 Å². The molecule has 0 aliphatic carbocycles. The van der Waals surface area contributed by atoms with Crippen molar-refractivity contribution in [3.8, 4) is 23.0 Å². The Labute approximate surface area is 141 Å². The largest absolute Gasteiger partial charge is 0.493 e. The number of rotatable bonds is 4. The molecule has 4 nitrogen and oxygen atoms in total. The number of aryl methyl sites for hydroxylation is 2. The van der Waals surface area contributed by atoms with E-state index in [-0.39, 0.29) is 0 Å². The van der Waals surface area contributed by atoms with Gasteiger partial charge in [-0.25, -0.2) is 0 Å². The highest BCUT2D eigenvalue weighted by molar-refractivity contribution is 5.94. The Morgan fingerprint density at radius 2 is 1.33 bits per heavy atom. The van der Waals surface area contributed by atoms with Crippen molar-refractivity contribution < 1.29 is 14.2 Å². The van der Waals surface area contributed by atoms with E-state index in [1.807, 2.05) is 49.4 Å². The third-order valence-corrected chi connectivity index (χ3v) is 4.08. The molecule has 0 fully saturated rings. The van der Waals surface area contributed by atoms with Crippen LogP contribution < -0.4 is 19.9 Å². The second-order valence-electron chi connectivity index (χ2n) is 5.78. The molecule has 0 heterocycles. The van der Waals surface area contributed by atoms with E-state index in [0.29, 0.717) is 22.9 Å². The average molecular weight is 323 g/mol. The van der Waals surface area contributed by atoms with E-state index in [1.165, 1.54) is 0 Å². The lowest BCUT2D eigenvalue weighted by Gasteiger charge is -2.15. The highest BCUT2D eigenvalue weighted by Gasteiger charge is 2.13. The van der Waals surface area contributed by atoms with Crippen LogP contribution in [0, 0.1) is 13.8 Å². The van der Waals surface area contributed by atoms with Gasteiger partial charge in [-0.2, -0.15) is 0 Å². The van der Waals surface area contributed by atoms with Gasteiger partial charge in [-0.15, -0.1) is 0 Å². The zero-order valence-corrected chi connectivity index (χ0v) is 14.3. The number of anilines is 1. The minimum Gasteiger partial charge on any atom is -0.493 e. The first kappa shape index (κ1) is 16.0. The third kappa shape index (κ3) is 2.83. The Balaban J connectivity index is 2.15. The fourth-order valence-corrected chi connectivity index (χ4v) is 2.76. The lowest BCUT2D eigenvalue weighted by molar-refractivity contribution is 0.355. The third-order valence-electron chi connectivity index (χ3n) is 4.08. The van der Waals surface area contributed by atoms with Gasteiger partial charge in [-0.3, -0.25) is 0 Å². The van der Waals surface area contributed by atoms with Gasteiger partial charge in [0.05, 0.1) is 19.9 Å². The van der Waals surface area contributed by atoms with Crippen molar-refractivity contribution >= 4 is 16.5 Å². The molecule has 0 radical (unpaired) electrons. The number of nitrogen functional groups attached to an aromatic ring is 1. The predicted molar refractivity (Wildman–Crippen MR) is 97.5 cm³/mol. The van der Waals surface area contributed by atoms with Crippen LogP contribution in [0.3, 0.4) is 0 Å². The summed E-state index contributed by atoms with van der Waals surface area (Å²) in [6.07, 6.45) is 0. The Morgan fingerprint density at radius 1 is 0.708 bits per heavy atom. The number of ether oxygens (including phenoxy) is 3. The summed E-state index contributed by atoms with van der Waals surface area (Å²) in [6, 6.07) is 13.6. The normalized spacial score (nSPS) is 10.7. The highest BCUT2D eigenvalue weighted by atomic mass is 16.5. The zero-order valence-electron chi connectivity index (χ0n) is 14.3. The molecule has 0 amide bonds. The SMILES string of the molecule is COc1cc2c(C)ccc(Oc3ccc(C)cc3N)c2cc1OC. The van der Waals surface area contributed by atoms with Crippen LogP contribution in [-0.4, -0.2) is 14.2 Å². The van der Waals surface area contributed by atoms with E-state index >= 15 is 0 Å². The number of hydrogen-bond acceptors (Lipinski definition) is 4. The summed E-state index contributed by atoms with van der Waals surface area (Å²) in [4.78, 5) is 0. The summed E-state index contributed by atoms with van der Waals surface area (Å²) in [5.74, 6) is 2.73. The van der Waals surface area contributed by atoms with Crippen molar-refractivity contribution in [1.29, 1.82) is 0 Å². The summed E-state index contributed by atoms with van der Waals surface area (Å²) in [5, 5.41) is 2.00. The molecule has 0 unspecified atom stereocenters. The lowest BCUT2D eigenvalue weighted by Crippen LogP contribution is -1.95. The molecule has 0 atom stereocenters. The van der Waals surface area contributed by atoms with E-state index in [0.717, 1.165) is 27.6 Å². The van der Waals surface area contributed by atoms with Crippen molar-refractivity contribution in [1.82, 2.24) is 0 Å². The molecule has 0 aliphatic heterocycles. The van der Waals surface area contributed by atoms with Gasteiger partial charge in [0.2, 0.25) is 0 Å². The molecule has 124 valence electrons. The minimum absolute atomic E-state index is 0.615. The molecule has 0 bridgehead atoms. The predicted octanol–water partition coefficient (Wildman–Crippen LogP) is 4.85. The monoisotopic (exact) mass is 323 g/mol. The molecule has 24 heavy (non-hydrogen) atoms. The maximum atomic E-state index is 6.08. The second-order valence-corrected chi connectivity index (χ2v) is 5.78. The van der Waals surface area contributed by atoms with Gasteiger partial charge in [0.1, 0.15) is 11.5 Å². The standard InChI is InChI=1S/C20H21NO3/c1-12-5-7-18(16(21)9-12)24-17-8-6-13(2)14-10-19(22-3)20(23-4)11-15(14)17/h5-11H,21H2,1-4H3. The van der Waals surface area contributed by atoms with Crippen LogP contribution in [0.5, 0.6) is 23.0 Å². The lowest BCUT2D eigenvalue weighted by atomic mass is 10.0. The van der Waals surface area contributed by atoms with Crippen molar-refractivity contribution in [2.75, 3.05) is 20.0 Å². The van der Waals surface area contributed by atoms with E-state index < -0.39 is 0 Å². The summed E-state index contributed by atoms with van der Waals surface area (Å²) in [7, 11) is 3.25. The van der Waals surface area contributed by atoms with Crippen LogP contribution in [-0.2, 0) is 0 Å². The van der Waals surface area contributed by atoms with Crippen LogP contribution in [0.1, 0.15) is 11.1 Å². The van der Waals surface area contributed by atoms with Gasteiger partial charge in [0.15, 0.2) is 11.5 Å². The number of fused-ring (bicyclic) bond motifs is 1. The fraction of sp³-hybridized carbons (Fsp3) is 0.200. The van der Waals surface area contributed by atoms with E-state index in [9.17, 15) is 0 Å². The van der Waals surface area contributed by atoms with E-state index in [4.69, 9.17) is 19.9 Å². The maximum absolute atomic E-state index is 6.08. The topological polar surface area (TPSA) is 53.7 Å². The molecule has 2 N–H and O–H groups in total. The van der Waals surface area contributed by atoms with Gasteiger partial charge in [0, 0.05) is 5.39 Å². The molecule has 3 aromatic rings. The molecular weight excluding hydrogens is 302 g/mol. The van der Waals surface area contributed by atoms with E-state index in [1.54, 1.807) is 14.2 Å². The summed E-state index contributed by atoms with van der Waals surface area (Å²) in [6.45, 7) is 4.05. The average Bonchev–Trinajstić information content (AvgIpc) is 2.58. The fourth-order valence-electron chi connectivity index (χ4n) is 2.76. The summed E-state index contributed by atoms with van der Waals surface area (Å²) in [5.41, 5.74) is 8.92.